The van der Waals surface area contributed by atoms with Crippen molar-refractivity contribution >= 4 is 0 Å². The molecule has 0 aromatic carbocycles. The summed E-state index contributed by atoms with van der Waals surface area (Å²) in [6.07, 6.45) is 10.0. The van der Waals surface area contributed by atoms with Crippen LogP contribution in [0.5, 0.6) is 0 Å². The summed E-state index contributed by atoms with van der Waals surface area (Å²) in [6, 6.07) is 0. The van der Waals surface area contributed by atoms with E-state index in [-0.39, 0.29) is 0 Å². The van der Waals surface area contributed by atoms with Crippen molar-refractivity contribution in [1.82, 2.24) is 4.90 Å². The Hall–Kier alpha value is -0.120. The van der Waals surface area contributed by atoms with E-state index in [9.17, 15) is 0 Å². The first-order valence-electron chi connectivity index (χ1n) is 7.35. The number of nitrogens with two attached hydrogens (primary N) is 1. The average molecular weight is 240 g/mol. The Morgan fingerprint density at radius 1 is 1.00 bits per heavy atom. The van der Waals surface area contributed by atoms with Crippen LogP contribution >= 0.6 is 0 Å². The summed E-state index contributed by atoms with van der Waals surface area (Å²) in [6.45, 7) is 6.07. The number of rotatable bonds is 6. The molecule has 2 N–H and O–H groups in total. The van der Waals surface area contributed by atoms with Crippen molar-refractivity contribution < 1.29 is 4.74 Å². The van der Waals surface area contributed by atoms with E-state index in [0.29, 0.717) is 13.2 Å². The Labute approximate surface area is 106 Å². The average Bonchev–Trinajstić information content (AvgIpc) is 2.80. The van der Waals surface area contributed by atoms with Crippen LogP contribution in [0.15, 0.2) is 0 Å². The number of piperidine rings is 1. The molecule has 2 fully saturated rings. The molecule has 1 saturated carbocycles. The van der Waals surface area contributed by atoms with Gasteiger partial charge in [-0.25, -0.2) is 0 Å². The number of likely N-dealkylation sites (tertiary alicyclic amines) is 1. The monoisotopic (exact) mass is 240 g/mol. The molecule has 100 valence electrons. The first-order chi connectivity index (χ1) is 8.35. The summed E-state index contributed by atoms with van der Waals surface area (Å²) < 4.78 is 5.42. The van der Waals surface area contributed by atoms with E-state index in [4.69, 9.17) is 10.5 Å². The Balaban J connectivity index is 1.56. The SMILES string of the molecule is NCCOCCCN1CCC2(CCCC2)CC1. The molecule has 0 radical (unpaired) electrons. The fourth-order valence-corrected chi connectivity index (χ4v) is 3.45. The number of hydrogen-bond acceptors (Lipinski definition) is 3. The van der Waals surface area contributed by atoms with E-state index >= 15 is 0 Å². The summed E-state index contributed by atoms with van der Waals surface area (Å²) in [5.74, 6) is 0. The Morgan fingerprint density at radius 3 is 2.35 bits per heavy atom. The molecule has 1 saturated heterocycles. The second-order valence-electron chi connectivity index (χ2n) is 5.80. The quantitative estimate of drug-likeness (QED) is 0.722. The molecule has 0 unspecified atom stereocenters. The van der Waals surface area contributed by atoms with Crippen molar-refractivity contribution in [3.63, 3.8) is 0 Å². The van der Waals surface area contributed by atoms with Crippen LogP contribution in [0.2, 0.25) is 0 Å². The molecule has 0 amide bonds. The molecule has 2 aliphatic rings. The molecular weight excluding hydrogens is 212 g/mol. The highest BCUT2D eigenvalue weighted by Crippen LogP contribution is 2.45. The standard InChI is InChI=1S/C14H28N2O/c15-8-13-17-12-3-9-16-10-6-14(7-11-16)4-1-2-5-14/h1-13,15H2. The molecule has 0 atom stereocenters. The van der Waals surface area contributed by atoms with Crippen molar-refractivity contribution in [2.45, 2.75) is 44.9 Å². The van der Waals surface area contributed by atoms with Gasteiger partial charge in [-0.05, 0) is 50.6 Å². The minimum atomic E-state index is 0.645. The van der Waals surface area contributed by atoms with E-state index in [1.165, 1.54) is 58.2 Å². The largest absolute Gasteiger partial charge is 0.380 e. The van der Waals surface area contributed by atoms with Gasteiger partial charge in [-0.1, -0.05) is 12.8 Å². The van der Waals surface area contributed by atoms with E-state index in [1.807, 2.05) is 0 Å². The molecule has 0 bridgehead atoms. The smallest absolute Gasteiger partial charge is 0.0588 e. The topological polar surface area (TPSA) is 38.5 Å². The van der Waals surface area contributed by atoms with Crippen molar-refractivity contribution in [3.05, 3.63) is 0 Å². The summed E-state index contributed by atoms with van der Waals surface area (Å²) >= 11 is 0. The molecule has 1 aliphatic carbocycles. The highest BCUT2D eigenvalue weighted by molar-refractivity contribution is 4.89. The van der Waals surface area contributed by atoms with Gasteiger partial charge in [-0.2, -0.15) is 0 Å². The van der Waals surface area contributed by atoms with Gasteiger partial charge in [0.2, 0.25) is 0 Å². The van der Waals surface area contributed by atoms with Crippen molar-refractivity contribution in [1.29, 1.82) is 0 Å². The summed E-state index contributed by atoms with van der Waals surface area (Å²) in [7, 11) is 0. The van der Waals surface area contributed by atoms with Crippen LogP contribution in [0.1, 0.15) is 44.9 Å². The second kappa shape index (κ2) is 6.72. The molecule has 0 aromatic heterocycles. The molecular formula is C14H28N2O. The van der Waals surface area contributed by atoms with Gasteiger partial charge in [0.15, 0.2) is 0 Å². The van der Waals surface area contributed by atoms with Gasteiger partial charge in [0.1, 0.15) is 0 Å². The molecule has 0 aromatic rings. The lowest BCUT2D eigenvalue weighted by Crippen LogP contribution is -2.39. The Kier molecular flexibility index (Phi) is 5.26. The summed E-state index contributed by atoms with van der Waals surface area (Å²) in [5.41, 5.74) is 6.14. The fraction of sp³-hybridized carbons (Fsp3) is 1.00. The van der Waals surface area contributed by atoms with Gasteiger partial charge in [0.05, 0.1) is 6.61 Å². The molecule has 1 heterocycles. The zero-order valence-corrected chi connectivity index (χ0v) is 11.1. The maximum atomic E-state index is 5.42. The Morgan fingerprint density at radius 2 is 1.71 bits per heavy atom. The van der Waals surface area contributed by atoms with Gasteiger partial charge < -0.3 is 15.4 Å². The fourth-order valence-electron chi connectivity index (χ4n) is 3.45. The number of hydrogen-bond donors (Lipinski definition) is 1. The van der Waals surface area contributed by atoms with Crippen LogP contribution in [0.3, 0.4) is 0 Å². The molecule has 17 heavy (non-hydrogen) atoms. The third kappa shape index (κ3) is 3.94. The molecule has 1 spiro atoms. The van der Waals surface area contributed by atoms with Gasteiger partial charge in [0, 0.05) is 19.7 Å². The molecule has 2 rings (SSSR count). The highest BCUT2D eigenvalue weighted by atomic mass is 16.5. The first-order valence-corrected chi connectivity index (χ1v) is 7.35. The van der Waals surface area contributed by atoms with Gasteiger partial charge in [-0.3, -0.25) is 0 Å². The predicted octanol–water partition coefficient (Wildman–Crippen LogP) is 2.01. The number of nitrogens with zero attached hydrogens (tertiary/aromatic N) is 1. The summed E-state index contributed by atoms with van der Waals surface area (Å²) in [5, 5.41) is 0. The van der Waals surface area contributed by atoms with Gasteiger partial charge in [-0.15, -0.1) is 0 Å². The van der Waals surface area contributed by atoms with Crippen LogP contribution in [0.25, 0.3) is 0 Å². The molecule has 3 nitrogen and oxygen atoms in total. The number of ether oxygens (including phenoxy) is 1. The predicted molar refractivity (Wildman–Crippen MR) is 71.1 cm³/mol. The van der Waals surface area contributed by atoms with Crippen LogP contribution in [-0.2, 0) is 4.74 Å². The molecule has 3 heteroatoms. The third-order valence-electron chi connectivity index (χ3n) is 4.61. The van der Waals surface area contributed by atoms with E-state index < -0.39 is 0 Å². The maximum absolute atomic E-state index is 5.42. The van der Waals surface area contributed by atoms with E-state index in [2.05, 4.69) is 4.90 Å². The van der Waals surface area contributed by atoms with Crippen LogP contribution in [-0.4, -0.2) is 44.3 Å². The Bertz CT molecular complexity index is 204. The minimum Gasteiger partial charge on any atom is -0.380 e. The van der Waals surface area contributed by atoms with E-state index in [1.54, 1.807) is 0 Å². The van der Waals surface area contributed by atoms with Gasteiger partial charge >= 0.3 is 0 Å². The van der Waals surface area contributed by atoms with Crippen molar-refractivity contribution in [2.24, 2.45) is 11.1 Å². The van der Waals surface area contributed by atoms with Gasteiger partial charge in [0.25, 0.3) is 0 Å². The van der Waals surface area contributed by atoms with Crippen LogP contribution < -0.4 is 5.73 Å². The van der Waals surface area contributed by atoms with Crippen molar-refractivity contribution in [3.8, 4) is 0 Å². The van der Waals surface area contributed by atoms with Crippen LogP contribution in [0, 0.1) is 5.41 Å². The third-order valence-corrected chi connectivity index (χ3v) is 4.61. The van der Waals surface area contributed by atoms with E-state index in [0.717, 1.165) is 18.4 Å². The van der Waals surface area contributed by atoms with Crippen molar-refractivity contribution in [2.75, 3.05) is 39.4 Å². The second-order valence-corrected chi connectivity index (χ2v) is 5.80. The minimum absolute atomic E-state index is 0.645. The molecule has 1 aliphatic heterocycles. The lowest BCUT2D eigenvalue weighted by molar-refractivity contribution is 0.0888. The van der Waals surface area contributed by atoms with Crippen LogP contribution in [0.4, 0.5) is 0 Å². The normalized spacial score (nSPS) is 24.5. The lowest BCUT2D eigenvalue weighted by Gasteiger charge is -2.39. The summed E-state index contributed by atoms with van der Waals surface area (Å²) in [4.78, 5) is 2.62. The first kappa shape index (κ1) is 13.3. The lowest BCUT2D eigenvalue weighted by atomic mass is 9.77. The zero-order valence-electron chi connectivity index (χ0n) is 11.1. The highest BCUT2D eigenvalue weighted by Gasteiger charge is 2.36. The zero-order chi connectivity index (χ0) is 12.0. The maximum Gasteiger partial charge on any atom is 0.0588 e.